The maximum Gasteiger partial charge on any atom is 0.306 e. The van der Waals surface area contributed by atoms with E-state index in [-0.39, 0.29) is 32.7 Å². The average molecular weight is 986 g/mol. The molecule has 0 N–H and O–H groups in total. The summed E-state index contributed by atoms with van der Waals surface area (Å²) in [4.78, 5) is 37.1. The minimum absolute atomic E-state index is 0.130. The number of carboxylic acid groups (broad SMARTS) is 1. The molecule has 2 atom stereocenters. The van der Waals surface area contributed by atoms with Crippen LogP contribution in [0.3, 0.4) is 0 Å². The molecule has 0 aromatic carbocycles. The van der Waals surface area contributed by atoms with Gasteiger partial charge in [-0.15, -0.1) is 0 Å². The highest BCUT2D eigenvalue weighted by atomic mass is 16.7. The van der Waals surface area contributed by atoms with E-state index in [1.807, 2.05) is 33.3 Å². The number of hydrogen-bond acceptors (Lipinski definition) is 8. The van der Waals surface area contributed by atoms with Gasteiger partial charge < -0.3 is 33.3 Å². The Morgan fingerprint density at radius 3 is 1.18 bits per heavy atom. The molecule has 0 aliphatic carbocycles. The van der Waals surface area contributed by atoms with Gasteiger partial charge in [0.15, 0.2) is 12.4 Å². The smallest absolute Gasteiger partial charge is 0.306 e. The van der Waals surface area contributed by atoms with Gasteiger partial charge in [-0.05, 0) is 96.3 Å². The van der Waals surface area contributed by atoms with Gasteiger partial charge in [0.25, 0.3) is 0 Å². The monoisotopic (exact) mass is 986 g/mol. The van der Waals surface area contributed by atoms with Crippen LogP contribution in [0.25, 0.3) is 0 Å². The van der Waals surface area contributed by atoms with Crippen molar-refractivity contribution in [3.8, 4) is 0 Å². The van der Waals surface area contributed by atoms with Gasteiger partial charge in [0.2, 0.25) is 0 Å². The highest BCUT2D eigenvalue weighted by molar-refractivity contribution is 5.70. The first-order chi connectivity index (χ1) is 34.6. The van der Waals surface area contributed by atoms with Gasteiger partial charge in [-0.3, -0.25) is 9.59 Å². The van der Waals surface area contributed by atoms with Crippen molar-refractivity contribution in [1.82, 2.24) is 0 Å². The minimum Gasteiger partial charge on any atom is -0.545 e. The average Bonchev–Trinajstić information content (AvgIpc) is 3.34. The third kappa shape index (κ3) is 53.1. The maximum atomic E-state index is 12.8. The molecule has 0 rings (SSSR count). The molecule has 9 nitrogen and oxygen atoms in total. The molecule has 400 valence electrons. The highest BCUT2D eigenvalue weighted by Crippen LogP contribution is 2.14. The summed E-state index contributed by atoms with van der Waals surface area (Å²) in [6.45, 7) is 4.39. The predicted octanol–water partition coefficient (Wildman–Crippen LogP) is 14.6. The van der Waals surface area contributed by atoms with Gasteiger partial charge in [0, 0.05) is 12.8 Å². The summed E-state index contributed by atoms with van der Waals surface area (Å²) in [7, 11) is 5.88. The molecule has 0 amide bonds. The summed E-state index contributed by atoms with van der Waals surface area (Å²) in [5.74, 6) is -2.41. The largest absolute Gasteiger partial charge is 0.545 e. The Labute approximate surface area is 433 Å². The van der Waals surface area contributed by atoms with Crippen LogP contribution in [0, 0.1) is 0 Å². The zero-order valence-corrected chi connectivity index (χ0v) is 45.3. The van der Waals surface area contributed by atoms with Crippen molar-refractivity contribution in [2.24, 2.45) is 0 Å². The number of carbonyl (C=O) groups is 3. The molecule has 0 saturated heterocycles. The quantitative estimate of drug-likeness (QED) is 0.0195. The molecule has 0 aliphatic rings. The van der Waals surface area contributed by atoms with Crippen LogP contribution in [0.1, 0.15) is 181 Å². The second-order valence-electron chi connectivity index (χ2n) is 18.8. The lowest BCUT2D eigenvalue weighted by atomic mass is 10.0. The van der Waals surface area contributed by atoms with Crippen molar-refractivity contribution >= 4 is 17.9 Å². The second kappa shape index (κ2) is 51.8. The molecule has 71 heavy (non-hydrogen) atoms. The third-order valence-corrected chi connectivity index (χ3v) is 10.9. The standard InChI is InChI=1S/C62H99NO8/c1-6-8-10-12-14-16-18-20-21-22-23-24-25-26-27-28-29-30-31-32-33-34-35-36-37-38-39-41-43-45-47-49-51-53-60(65)71-58(57-70-62(61(66)67)68-55-54-63(3,4)5)56-69-59(64)52-50-48-46-44-42-40-19-17-15-13-11-9-7-2/h8-11,14-17,20-21,23-24,26-27,29-30,32-33,40,42,46,48,58,62H,6-7,12-13,18-19,22,25,28,31,34-39,41,43-45,47,49-57H2,1-5H3/b10-8-,11-9-,16-14-,17-15-,21-20-,24-23-,27-26-,30-29-,33-32-,42-40-,48-46-. The number of allylic oxidation sites excluding steroid dienone is 22. The minimum atomic E-state index is -1.64. The topological polar surface area (TPSA) is 111 Å². The normalized spacial score (nSPS) is 13.9. The third-order valence-electron chi connectivity index (χ3n) is 10.9. The van der Waals surface area contributed by atoms with Crippen LogP contribution in [-0.4, -0.2) is 82.3 Å². The van der Waals surface area contributed by atoms with E-state index >= 15 is 0 Å². The molecule has 0 aliphatic heterocycles. The van der Waals surface area contributed by atoms with Gasteiger partial charge in [-0.25, -0.2) is 0 Å². The van der Waals surface area contributed by atoms with E-state index in [9.17, 15) is 19.5 Å². The van der Waals surface area contributed by atoms with E-state index in [2.05, 4.69) is 135 Å². The Bertz CT molecular complexity index is 1620. The van der Waals surface area contributed by atoms with Gasteiger partial charge in [0.1, 0.15) is 13.2 Å². The number of quaternary nitrogens is 1. The maximum absolute atomic E-state index is 12.8. The fourth-order valence-electron chi connectivity index (χ4n) is 6.76. The summed E-state index contributed by atoms with van der Waals surface area (Å²) >= 11 is 0. The van der Waals surface area contributed by atoms with E-state index in [0.29, 0.717) is 23.9 Å². The van der Waals surface area contributed by atoms with E-state index in [0.717, 1.165) is 96.3 Å². The van der Waals surface area contributed by atoms with Crippen LogP contribution in [0.2, 0.25) is 0 Å². The molecular weight excluding hydrogens is 887 g/mol. The predicted molar refractivity (Wildman–Crippen MR) is 296 cm³/mol. The van der Waals surface area contributed by atoms with Crippen LogP contribution in [-0.2, 0) is 33.3 Å². The fourth-order valence-corrected chi connectivity index (χ4v) is 6.76. The first-order valence-corrected chi connectivity index (χ1v) is 27.3. The van der Waals surface area contributed by atoms with Gasteiger partial charge in [0.05, 0.1) is 40.3 Å². The summed E-state index contributed by atoms with van der Waals surface area (Å²) in [6.07, 6.45) is 71.0. The van der Waals surface area contributed by atoms with Crippen molar-refractivity contribution < 1.29 is 42.9 Å². The van der Waals surface area contributed by atoms with Crippen molar-refractivity contribution in [3.05, 3.63) is 134 Å². The van der Waals surface area contributed by atoms with Gasteiger partial charge >= 0.3 is 11.9 Å². The van der Waals surface area contributed by atoms with Crippen molar-refractivity contribution in [2.45, 2.75) is 193 Å². The number of rotatable bonds is 48. The number of hydrogen-bond donors (Lipinski definition) is 0. The summed E-state index contributed by atoms with van der Waals surface area (Å²) in [5, 5.41) is 11.7. The zero-order valence-electron chi connectivity index (χ0n) is 45.3. The molecule has 2 unspecified atom stereocenters. The first-order valence-electron chi connectivity index (χ1n) is 27.3. The van der Waals surface area contributed by atoms with Crippen LogP contribution in [0.5, 0.6) is 0 Å². The van der Waals surface area contributed by atoms with Crippen LogP contribution >= 0.6 is 0 Å². The fraction of sp³-hybridized carbons (Fsp3) is 0.597. The highest BCUT2D eigenvalue weighted by Gasteiger charge is 2.21. The molecule has 0 spiro atoms. The van der Waals surface area contributed by atoms with E-state index in [1.165, 1.54) is 44.9 Å². The van der Waals surface area contributed by atoms with Crippen LogP contribution in [0.15, 0.2) is 134 Å². The number of nitrogens with zero attached hydrogens (tertiary/aromatic N) is 1. The number of ether oxygens (including phenoxy) is 4. The Kier molecular flexibility index (Phi) is 48.4. The first kappa shape index (κ1) is 66.4. The lowest BCUT2D eigenvalue weighted by Crippen LogP contribution is -2.44. The van der Waals surface area contributed by atoms with Crippen molar-refractivity contribution in [1.29, 1.82) is 0 Å². The summed E-state index contributed by atoms with van der Waals surface area (Å²) < 4.78 is 22.5. The SMILES string of the molecule is CC/C=C\C/C=C\C/C=C\C/C=C\C/C=C\C/C=C\C/C=C\CCCCCCCCCCCCCC(=O)OC(COC(=O)CC/C=C\C/C=C\C/C=C\C/C=C\CC)COC(OCC[N+](C)(C)C)C(=O)[O-]. The van der Waals surface area contributed by atoms with E-state index in [1.54, 1.807) is 0 Å². The molecule has 9 heteroatoms. The molecule has 0 heterocycles. The molecular formula is C62H99NO8. The summed E-state index contributed by atoms with van der Waals surface area (Å²) in [5.41, 5.74) is 0. The molecule has 0 saturated carbocycles. The summed E-state index contributed by atoms with van der Waals surface area (Å²) in [6, 6.07) is 0. The lowest BCUT2D eigenvalue weighted by Gasteiger charge is -2.26. The Morgan fingerprint density at radius 2 is 0.789 bits per heavy atom. The number of likely N-dealkylation sites (N-methyl/N-ethyl adjacent to an activating group) is 1. The number of esters is 2. The molecule has 0 fully saturated rings. The molecule has 0 bridgehead atoms. The number of aliphatic carboxylic acids is 1. The number of carboxylic acids is 1. The second-order valence-corrected chi connectivity index (χ2v) is 18.8. The van der Waals surface area contributed by atoms with Crippen LogP contribution < -0.4 is 5.11 Å². The van der Waals surface area contributed by atoms with E-state index < -0.39 is 30.3 Å². The van der Waals surface area contributed by atoms with Gasteiger partial charge in [-0.2, -0.15) is 0 Å². The lowest BCUT2D eigenvalue weighted by molar-refractivity contribution is -0.870. The number of carbonyl (C=O) groups excluding carboxylic acids is 3. The van der Waals surface area contributed by atoms with Crippen LogP contribution in [0.4, 0.5) is 0 Å². The Morgan fingerprint density at radius 1 is 0.423 bits per heavy atom. The van der Waals surface area contributed by atoms with Gasteiger partial charge in [-0.1, -0.05) is 205 Å². The molecule has 0 aromatic heterocycles. The Balaban J connectivity index is 4.25. The molecule has 0 radical (unpaired) electrons. The van der Waals surface area contributed by atoms with Crippen molar-refractivity contribution in [3.63, 3.8) is 0 Å². The number of unbranched alkanes of at least 4 members (excludes halogenated alkanes) is 11. The van der Waals surface area contributed by atoms with E-state index in [4.69, 9.17) is 18.9 Å². The molecule has 0 aromatic rings. The zero-order chi connectivity index (χ0) is 52.0. The Hall–Kier alpha value is -4.57. The van der Waals surface area contributed by atoms with Crippen molar-refractivity contribution in [2.75, 3.05) is 47.5 Å².